The van der Waals surface area contributed by atoms with E-state index < -0.39 is 0 Å². The van der Waals surface area contributed by atoms with Gasteiger partial charge in [-0.1, -0.05) is 24.3 Å². The number of halogens is 1. The number of ether oxygens (including phenoxy) is 1. The van der Waals surface area contributed by atoms with Crippen LogP contribution in [0, 0.1) is 0 Å². The maximum Gasteiger partial charge on any atom is 0.133 e. The fraction of sp³-hybridized carbons (Fsp3) is 0.0526. The van der Waals surface area contributed by atoms with Gasteiger partial charge in [-0.25, -0.2) is 0 Å². The van der Waals surface area contributed by atoms with E-state index in [2.05, 4.69) is 80.6 Å². The number of rotatable bonds is 3. The summed E-state index contributed by atoms with van der Waals surface area (Å²) >= 11 is 5.34. The molecule has 2 aromatic carbocycles. The molecule has 23 heavy (non-hydrogen) atoms. The minimum Gasteiger partial charge on any atom is -0.496 e. The first-order valence-corrected chi connectivity index (χ1v) is 8.93. The van der Waals surface area contributed by atoms with E-state index in [1.54, 1.807) is 18.4 Å². The Labute approximate surface area is 147 Å². The van der Waals surface area contributed by atoms with Gasteiger partial charge in [0.1, 0.15) is 5.75 Å². The Balaban J connectivity index is 1.96. The van der Waals surface area contributed by atoms with Crippen LogP contribution in [0.2, 0.25) is 0 Å². The van der Waals surface area contributed by atoms with Crippen LogP contribution in [0.25, 0.3) is 27.0 Å². The lowest BCUT2D eigenvalue weighted by atomic mass is 10.1. The molecule has 4 aromatic rings. The van der Waals surface area contributed by atoms with E-state index in [1.807, 2.05) is 6.07 Å². The molecule has 0 aliphatic rings. The first-order valence-electron chi connectivity index (χ1n) is 7.26. The Bertz CT molecular complexity index is 972. The first kappa shape index (κ1) is 14.5. The molecule has 0 aliphatic carbocycles. The molecule has 2 heterocycles. The van der Waals surface area contributed by atoms with Gasteiger partial charge in [-0.3, -0.25) is 0 Å². The summed E-state index contributed by atoms with van der Waals surface area (Å²) in [5.74, 6) is 0.837. The van der Waals surface area contributed by atoms with Gasteiger partial charge in [0, 0.05) is 27.7 Å². The molecule has 2 aromatic heterocycles. The largest absolute Gasteiger partial charge is 0.496 e. The Morgan fingerprint density at radius 2 is 1.91 bits per heavy atom. The molecular formula is C19H14BrNOS. The third kappa shape index (κ3) is 2.48. The number of fused-ring (bicyclic) bond motifs is 1. The molecule has 0 atom stereocenters. The van der Waals surface area contributed by atoms with Gasteiger partial charge in [-0.2, -0.15) is 0 Å². The minimum atomic E-state index is 0.837. The van der Waals surface area contributed by atoms with Crippen LogP contribution in [0.4, 0.5) is 0 Å². The van der Waals surface area contributed by atoms with Crippen LogP contribution in [-0.2, 0) is 0 Å². The van der Waals surface area contributed by atoms with Crippen LogP contribution in [0.3, 0.4) is 0 Å². The van der Waals surface area contributed by atoms with Crippen LogP contribution < -0.4 is 4.74 Å². The summed E-state index contributed by atoms with van der Waals surface area (Å²) in [5, 5.41) is 3.38. The number of nitrogens with zero attached hydrogens (tertiary/aromatic N) is 1. The average Bonchev–Trinajstić information content (AvgIpc) is 3.22. The fourth-order valence-corrected chi connectivity index (χ4v) is 4.11. The van der Waals surface area contributed by atoms with Crippen molar-refractivity contribution in [3.8, 4) is 21.9 Å². The van der Waals surface area contributed by atoms with Crippen LogP contribution in [0.15, 0.2) is 70.6 Å². The third-order valence-corrected chi connectivity index (χ3v) is 5.43. The highest BCUT2D eigenvalue weighted by Gasteiger charge is 2.12. The van der Waals surface area contributed by atoms with Crippen molar-refractivity contribution in [1.29, 1.82) is 0 Å². The molecule has 0 aliphatic heterocycles. The van der Waals surface area contributed by atoms with Gasteiger partial charge in [0.25, 0.3) is 0 Å². The second-order valence-electron chi connectivity index (χ2n) is 5.23. The summed E-state index contributed by atoms with van der Waals surface area (Å²) in [6.07, 6.45) is 2.21. The monoisotopic (exact) mass is 383 g/mol. The van der Waals surface area contributed by atoms with Crippen molar-refractivity contribution < 1.29 is 4.74 Å². The second-order valence-corrected chi connectivity index (χ2v) is 7.03. The van der Waals surface area contributed by atoms with Gasteiger partial charge >= 0.3 is 0 Å². The van der Waals surface area contributed by atoms with Crippen molar-refractivity contribution >= 4 is 38.2 Å². The van der Waals surface area contributed by atoms with E-state index in [0.29, 0.717) is 0 Å². The van der Waals surface area contributed by atoms with Crippen molar-refractivity contribution in [3.63, 3.8) is 0 Å². The molecule has 2 nitrogen and oxygen atoms in total. The zero-order chi connectivity index (χ0) is 15.8. The lowest BCUT2D eigenvalue weighted by Gasteiger charge is -2.08. The van der Waals surface area contributed by atoms with Gasteiger partial charge in [0.15, 0.2) is 0 Å². The predicted molar refractivity (Wildman–Crippen MR) is 101 cm³/mol. The quantitative estimate of drug-likeness (QED) is 0.414. The number of hydrogen-bond acceptors (Lipinski definition) is 2. The summed E-state index contributed by atoms with van der Waals surface area (Å²) in [6, 6.07) is 18.9. The molecule has 0 radical (unpaired) electrons. The van der Waals surface area contributed by atoms with Crippen LogP contribution >= 0.6 is 27.3 Å². The first-order chi connectivity index (χ1) is 11.3. The van der Waals surface area contributed by atoms with E-state index in [-0.39, 0.29) is 0 Å². The molecule has 114 valence electrons. The molecule has 0 fully saturated rings. The van der Waals surface area contributed by atoms with E-state index in [9.17, 15) is 0 Å². The number of methoxy groups -OCH3 is 1. The zero-order valence-corrected chi connectivity index (χ0v) is 14.9. The molecule has 0 N–H and O–H groups in total. The Morgan fingerprint density at radius 1 is 1.04 bits per heavy atom. The number of para-hydroxylation sites is 1. The zero-order valence-electron chi connectivity index (χ0n) is 12.5. The van der Waals surface area contributed by atoms with Gasteiger partial charge in [-0.05, 0) is 51.6 Å². The highest BCUT2D eigenvalue weighted by molar-refractivity contribution is 9.10. The summed E-state index contributed by atoms with van der Waals surface area (Å²) < 4.78 is 8.52. The molecule has 0 unspecified atom stereocenters. The van der Waals surface area contributed by atoms with Crippen molar-refractivity contribution in [3.05, 3.63) is 70.6 Å². The highest BCUT2D eigenvalue weighted by atomic mass is 79.9. The number of thiophene rings is 1. The summed E-state index contributed by atoms with van der Waals surface area (Å²) in [7, 11) is 1.68. The fourth-order valence-electron chi connectivity index (χ4n) is 2.83. The molecule has 4 rings (SSSR count). The molecule has 0 saturated heterocycles. The van der Waals surface area contributed by atoms with Gasteiger partial charge in [-0.15, -0.1) is 11.3 Å². The molecule has 0 amide bonds. The molecule has 0 spiro atoms. The molecule has 0 saturated carbocycles. The third-order valence-electron chi connectivity index (χ3n) is 3.91. The summed E-state index contributed by atoms with van der Waals surface area (Å²) in [5.41, 5.74) is 3.58. The smallest absolute Gasteiger partial charge is 0.133 e. The average molecular weight is 384 g/mol. The molecular weight excluding hydrogens is 370 g/mol. The second kappa shape index (κ2) is 5.87. The topological polar surface area (TPSA) is 14.2 Å². The van der Waals surface area contributed by atoms with Crippen molar-refractivity contribution in [1.82, 2.24) is 4.57 Å². The normalized spacial score (nSPS) is 11.0. The van der Waals surface area contributed by atoms with Gasteiger partial charge in [0.2, 0.25) is 0 Å². The number of benzene rings is 2. The van der Waals surface area contributed by atoms with Crippen LogP contribution in [0.5, 0.6) is 5.75 Å². The summed E-state index contributed by atoms with van der Waals surface area (Å²) in [6.45, 7) is 0. The highest BCUT2D eigenvalue weighted by Crippen LogP contribution is 2.36. The maximum atomic E-state index is 5.33. The summed E-state index contributed by atoms with van der Waals surface area (Å²) in [4.78, 5) is 1.28. The van der Waals surface area contributed by atoms with E-state index >= 15 is 0 Å². The standard InChI is InChI=1S/C19H14BrNOS/c1-22-18-9-8-13(11-16(18)20)21-12-15(19-7-4-10-23-19)14-5-2-3-6-17(14)21/h2-12H,1H3. The van der Waals surface area contributed by atoms with Crippen molar-refractivity contribution in [2.45, 2.75) is 0 Å². The van der Waals surface area contributed by atoms with Gasteiger partial charge in [0.05, 0.1) is 17.1 Å². The van der Waals surface area contributed by atoms with Crippen molar-refractivity contribution in [2.75, 3.05) is 7.11 Å². The van der Waals surface area contributed by atoms with E-state index in [1.165, 1.54) is 21.3 Å². The maximum absolute atomic E-state index is 5.33. The Morgan fingerprint density at radius 3 is 2.65 bits per heavy atom. The molecule has 0 bridgehead atoms. The number of aromatic nitrogens is 1. The minimum absolute atomic E-state index is 0.837. The van der Waals surface area contributed by atoms with Crippen molar-refractivity contribution in [2.24, 2.45) is 0 Å². The van der Waals surface area contributed by atoms with E-state index in [4.69, 9.17) is 4.74 Å². The molecule has 4 heteroatoms. The van der Waals surface area contributed by atoms with Gasteiger partial charge < -0.3 is 9.30 Å². The lowest BCUT2D eigenvalue weighted by Crippen LogP contribution is -1.93. The van der Waals surface area contributed by atoms with E-state index in [0.717, 1.165) is 15.9 Å². The Kier molecular flexibility index (Phi) is 3.71. The predicted octanol–water partition coefficient (Wildman–Crippen LogP) is 6.13. The number of hydrogen-bond donors (Lipinski definition) is 0. The van der Waals surface area contributed by atoms with Crippen LogP contribution in [-0.4, -0.2) is 11.7 Å². The van der Waals surface area contributed by atoms with Crippen LogP contribution in [0.1, 0.15) is 0 Å². The Hall–Kier alpha value is -2.04. The lowest BCUT2D eigenvalue weighted by molar-refractivity contribution is 0.412. The SMILES string of the molecule is COc1ccc(-n2cc(-c3cccs3)c3ccccc32)cc1Br.